The minimum atomic E-state index is -0.416. The first-order valence-electron chi connectivity index (χ1n) is 6.49. The molecule has 0 radical (unpaired) electrons. The van der Waals surface area contributed by atoms with Gasteiger partial charge in [-0.25, -0.2) is 4.99 Å². The van der Waals surface area contributed by atoms with Gasteiger partial charge >= 0.3 is 0 Å². The van der Waals surface area contributed by atoms with E-state index in [1.807, 2.05) is 18.2 Å². The maximum atomic E-state index is 12.2. The Morgan fingerprint density at radius 3 is 3.00 bits per heavy atom. The average Bonchev–Trinajstić information content (AvgIpc) is 2.98. The first kappa shape index (κ1) is 13.9. The number of aliphatic imine (C=N–C) groups is 1. The van der Waals surface area contributed by atoms with Crippen LogP contribution in [0.5, 0.6) is 0 Å². The van der Waals surface area contributed by atoms with E-state index >= 15 is 0 Å². The molecule has 2 unspecified atom stereocenters. The number of para-hydroxylation sites is 1. The van der Waals surface area contributed by atoms with E-state index in [1.54, 1.807) is 13.2 Å². The van der Waals surface area contributed by atoms with Crippen LogP contribution in [0.4, 0.5) is 5.69 Å². The molecular formula is C14H15ClN2O2S. The lowest BCUT2D eigenvalue weighted by molar-refractivity contribution is -0.121. The van der Waals surface area contributed by atoms with E-state index < -0.39 is 4.75 Å². The number of amides is 1. The fourth-order valence-corrected chi connectivity index (χ4v) is 4.11. The average molecular weight is 311 g/mol. The lowest BCUT2D eigenvalue weighted by atomic mass is 10.1. The van der Waals surface area contributed by atoms with Crippen LogP contribution in [0.3, 0.4) is 0 Å². The number of nitrogens with one attached hydrogen (secondary N) is 1. The molecule has 20 heavy (non-hydrogen) atoms. The number of benzene rings is 1. The molecule has 1 heterocycles. The molecule has 3 rings (SSSR count). The highest BCUT2D eigenvalue weighted by Crippen LogP contribution is 2.46. The number of thioether (sulfide) groups is 1. The third kappa shape index (κ3) is 2.45. The molecule has 1 saturated carbocycles. The van der Waals surface area contributed by atoms with Crippen LogP contribution in [0.1, 0.15) is 19.3 Å². The highest BCUT2D eigenvalue weighted by molar-refractivity contribution is 8.16. The molecule has 1 amide bonds. The molecule has 2 atom stereocenters. The van der Waals surface area contributed by atoms with Crippen molar-refractivity contribution in [3.8, 4) is 0 Å². The molecule has 2 fully saturated rings. The maximum absolute atomic E-state index is 12.2. The van der Waals surface area contributed by atoms with E-state index in [0.717, 1.165) is 19.3 Å². The minimum absolute atomic E-state index is 0.0350. The highest BCUT2D eigenvalue weighted by atomic mass is 35.5. The van der Waals surface area contributed by atoms with Gasteiger partial charge in [0.15, 0.2) is 5.17 Å². The Labute approximate surface area is 126 Å². The number of nitrogens with zero attached hydrogens (tertiary/aromatic N) is 1. The predicted octanol–water partition coefficient (Wildman–Crippen LogP) is 3.13. The summed E-state index contributed by atoms with van der Waals surface area (Å²) in [5, 5.41) is 4.07. The first-order chi connectivity index (χ1) is 9.63. The molecule has 1 spiro atoms. The second kappa shape index (κ2) is 5.39. The Morgan fingerprint density at radius 2 is 2.30 bits per heavy atom. The van der Waals surface area contributed by atoms with Gasteiger partial charge in [0.2, 0.25) is 5.91 Å². The van der Waals surface area contributed by atoms with E-state index in [2.05, 4.69) is 10.3 Å². The summed E-state index contributed by atoms with van der Waals surface area (Å²) in [6.07, 6.45) is 2.63. The van der Waals surface area contributed by atoms with Crippen molar-refractivity contribution in [2.75, 3.05) is 7.11 Å². The molecule has 1 aromatic rings. The third-order valence-corrected chi connectivity index (χ3v) is 5.41. The van der Waals surface area contributed by atoms with Crippen LogP contribution in [0.25, 0.3) is 0 Å². The van der Waals surface area contributed by atoms with Gasteiger partial charge in [0.1, 0.15) is 4.75 Å². The molecule has 0 aromatic heterocycles. The number of rotatable bonds is 2. The quantitative estimate of drug-likeness (QED) is 0.913. The normalized spacial score (nSPS) is 31.2. The van der Waals surface area contributed by atoms with Gasteiger partial charge in [-0.3, -0.25) is 4.79 Å². The van der Waals surface area contributed by atoms with E-state index in [4.69, 9.17) is 16.3 Å². The van der Waals surface area contributed by atoms with Crippen molar-refractivity contribution in [3.05, 3.63) is 29.3 Å². The monoisotopic (exact) mass is 310 g/mol. The van der Waals surface area contributed by atoms with Gasteiger partial charge in [0.25, 0.3) is 0 Å². The van der Waals surface area contributed by atoms with Crippen molar-refractivity contribution in [2.24, 2.45) is 4.99 Å². The summed E-state index contributed by atoms with van der Waals surface area (Å²) < 4.78 is 4.95. The van der Waals surface area contributed by atoms with Crippen molar-refractivity contribution in [1.82, 2.24) is 5.32 Å². The van der Waals surface area contributed by atoms with Crippen molar-refractivity contribution >= 4 is 40.1 Å². The van der Waals surface area contributed by atoms with Crippen LogP contribution < -0.4 is 5.32 Å². The second-order valence-corrected chi connectivity index (χ2v) is 6.80. The lowest BCUT2D eigenvalue weighted by Gasteiger charge is -2.16. The van der Waals surface area contributed by atoms with Crippen molar-refractivity contribution < 1.29 is 9.53 Å². The van der Waals surface area contributed by atoms with Gasteiger partial charge in [0, 0.05) is 7.11 Å². The summed E-state index contributed by atoms with van der Waals surface area (Å²) in [5.41, 5.74) is 0.676. The van der Waals surface area contributed by atoms with Crippen molar-refractivity contribution in [1.29, 1.82) is 0 Å². The number of hydrogen-bond acceptors (Lipinski definition) is 4. The van der Waals surface area contributed by atoms with Crippen molar-refractivity contribution in [2.45, 2.75) is 30.1 Å². The second-order valence-electron chi connectivity index (χ2n) is 5.02. The molecule has 4 nitrogen and oxygen atoms in total. The summed E-state index contributed by atoms with van der Waals surface area (Å²) >= 11 is 7.59. The zero-order valence-corrected chi connectivity index (χ0v) is 12.6. The number of amidine groups is 1. The fourth-order valence-electron chi connectivity index (χ4n) is 2.64. The summed E-state index contributed by atoms with van der Waals surface area (Å²) in [4.78, 5) is 16.7. The summed E-state index contributed by atoms with van der Waals surface area (Å²) in [6.45, 7) is 0. The number of halogens is 1. The molecule has 2 aliphatic rings. The molecule has 1 aliphatic carbocycles. The van der Waals surface area contributed by atoms with E-state index in [9.17, 15) is 4.79 Å². The summed E-state index contributed by atoms with van der Waals surface area (Å²) in [6, 6.07) is 7.35. The summed E-state index contributed by atoms with van der Waals surface area (Å²) in [7, 11) is 1.69. The molecular weight excluding hydrogens is 296 g/mol. The van der Waals surface area contributed by atoms with Crippen LogP contribution in [-0.4, -0.2) is 29.0 Å². The minimum Gasteiger partial charge on any atom is -0.381 e. The van der Waals surface area contributed by atoms with Crippen molar-refractivity contribution in [3.63, 3.8) is 0 Å². The van der Waals surface area contributed by atoms with Crippen LogP contribution in [0.2, 0.25) is 5.02 Å². The van der Waals surface area contributed by atoms with Crippen LogP contribution in [-0.2, 0) is 9.53 Å². The highest BCUT2D eigenvalue weighted by Gasteiger charge is 2.51. The summed E-state index contributed by atoms with van der Waals surface area (Å²) in [5.74, 6) is 0.0350. The molecule has 6 heteroatoms. The molecule has 1 N–H and O–H groups in total. The van der Waals surface area contributed by atoms with Gasteiger partial charge in [-0.1, -0.05) is 35.5 Å². The Kier molecular flexibility index (Phi) is 3.75. The zero-order chi connectivity index (χ0) is 14.2. The first-order valence-corrected chi connectivity index (χ1v) is 7.69. The topological polar surface area (TPSA) is 50.7 Å². The Balaban J connectivity index is 1.82. The largest absolute Gasteiger partial charge is 0.381 e. The van der Waals surface area contributed by atoms with E-state index in [1.165, 1.54) is 11.8 Å². The molecule has 1 aromatic carbocycles. The molecule has 1 saturated heterocycles. The Bertz CT molecular complexity index is 578. The van der Waals surface area contributed by atoms with E-state index in [0.29, 0.717) is 15.9 Å². The van der Waals surface area contributed by atoms with Crippen LogP contribution in [0, 0.1) is 0 Å². The molecule has 0 bridgehead atoms. The molecule has 1 aliphatic heterocycles. The van der Waals surface area contributed by atoms with Gasteiger partial charge in [-0.2, -0.15) is 0 Å². The van der Waals surface area contributed by atoms with Crippen LogP contribution in [0.15, 0.2) is 29.3 Å². The standard InChI is InChI=1S/C14H15ClN2O2S/c1-19-9-6-7-14(8-9)12(18)17-13(20-14)16-11-5-3-2-4-10(11)15/h2-5,9H,6-8H2,1H3,(H,16,17,18). The van der Waals surface area contributed by atoms with Crippen LogP contribution >= 0.6 is 23.4 Å². The SMILES string of the molecule is COC1CCC2(C1)SC(=Nc1ccccc1Cl)NC2=O. The molecule has 106 valence electrons. The Morgan fingerprint density at radius 1 is 1.50 bits per heavy atom. The third-order valence-electron chi connectivity index (χ3n) is 3.76. The Hall–Kier alpha value is -1.04. The number of carbonyl (C=O) groups is 1. The van der Waals surface area contributed by atoms with Gasteiger partial charge in [-0.15, -0.1) is 0 Å². The van der Waals surface area contributed by atoms with Gasteiger partial charge < -0.3 is 10.1 Å². The maximum Gasteiger partial charge on any atom is 0.242 e. The fraction of sp³-hybridized carbons (Fsp3) is 0.429. The van der Waals surface area contributed by atoms with E-state index in [-0.39, 0.29) is 12.0 Å². The van der Waals surface area contributed by atoms with Gasteiger partial charge in [-0.05, 0) is 31.4 Å². The predicted molar refractivity (Wildman–Crippen MR) is 81.7 cm³/mol. The number of methoxy groups -OCH3 is 1. The lowest BCUT2D eigenvalue weighted by Crippen LogP contribution is -2.34. The number of hydrogen-bond donors (Lipinski definition) is 1. The number of ether oxygens (including phenoxy) is 1. The number of carbonyl (C=O) groups excluding carboxylic acids is 1. The smallest absolute Gasteiger partial charge is 0.242 e. The van der Waals surface area contributed by atoms with Gasteiger partial charge in [0.05, 0.1) is 16.8 Å². The zero-order valence-electron chi connectivity index (χ0n) is 11.1.